The van der Waals surface area contributed by atoms with Crippen LogP contribution in [0.3, 0.4) is 0 Å². The molecule has 13 rings (SSSR count). The Bertz CT molecular complexity index is 4440. The smallest absolute Gasteiger partial charge is 0.164 e. The first-order chi connectivity index (χ1) is 40.5. The molecule has 0 amide bonds. The average Bonchev–Trinajstić information content (AvgIpc) is 1.95. The molecule has 2 aromatic heterocycles. The van der Waals surface area contributed by atoms with Crippen LogP contribution in [-0.2, 0) is 23.7 Å². The molecule has 84 heavy (non-hydrogen) atoms. The first-order valence-electron chi connectivity index (χ1n) is 29.7. The molecular formula is C80H71N3O. The van der Waals surface area contributed by atoms with Crippen molar-refractivity contribution in [3.05, 3.63) is 263 Å². The van der Waals surface area contributed by atoms with E-state index in [0.29, 0.717) is 0 Å². The number of fused-ring (bicyclic) bond motifs is 4. The predicted octanol–water partition coefficient (Wildman–Crippen LogP) is 21.1. The second kappa shape index (κ2) is 21.1. The Kier molecular flexibility index (Phi) is 13.5. The SMILES string of the molecule is Cc1cc(C)cc(-c2cccc(-c3ccccc3)c2-c2cccc(-c3c(-c4c(-c5cccc(C(C)(C)C)c5)cccc4-c4cccc(C(C)(C)C)c4)ccc4c3nc(-c3ccc5c(n3)-c3c(O)cccc3CC5)n4-c3c(C)cccc3C)c2)c1. The van der Waals surface area contributed by atoms with Gasteiger partial charge in [0.2, 0.25) is 0 Å². The topological polar surface area (TPSA) is 50.9 Å². The van der Waals surface area contributed by atoms with Crippen LogP contribution in [0.25, 0.3) is 117 Å². The molecule has 0 unspecified atom stereocenters. The minimum Gasteiger partial charge on any atom is -0.507 e. The van der Waals surface area contributed by atoms with Gasteiger partial charge in [-0.05, 0) is 181 Å². The zero-order chi connectivity index (χ0) is 58.2. The highest BCUT2D eigenvalue weighted by molar-refractivity contribution is 6.09. The van der Waals surface area contributed by atoms with E-state index < -0.39 is 0 Å². The second-order valence-electron chi connectivity index (χ2n) is 25.3. The van der Waals surface area contributed by atoms with Crippen LogP contribution in [0.2, 0.25) is 0 Å². The summed E-state index contributed by atoms with van der Waals surface area (Å²) in [5.74, 6) is 0.983. The maximum absolute atomic E-state index is 11.5. The number of pyridine rings is 1. The van der Waals surface area contributed by atoms with Crippen LogP contribution in [-0.4, -0.2) is 19.6 Å². The molecule has 4 nitrogen and oxygen atoms in total. The number of aryl methyl sites for hydroxylation is 6. The summed E-state index contributed by atoms with van der Waals surface area (Å²) in [6.45, 7) is 22.6. The van der Waals surface area contributed by atoms with Gasteiger partial charge in [0.25, 0.3) is 0 Å². The van der Waals surface area contributed by atoms with Crippen LogP contribution in [0, 0.1) is 27.7 Å². The van der Waals surface area contributed by atoms with E-state index in [1.807, 2.05) is 6.07 Å². The third-order valence-electron chi connectivity index (χ3n) is 17.3. The van der Waals surface area contributed by atoms with Gasteiger partial charge in [-0.1, -0.05) is 247 Å². The molecule has 0 saturated heterocycles. The molecule has 4 heteroatoms. The summed E-state index contributed by atoms with van der Waals surface area (Å²) >= 11 is 0. The fourth-order valence-corrected chi connectivity index (χ4v) is 13.1. The molecule has 0 spiro atoms. The highest BCUT2D eigenvalue weighted by Crippen LogP contribution is 2.50. The normalized spacial score (nSPS) is 12.4. The van der Waals surface area contributed by atoms with Crippen molar-refractivity contribution in [1.29, 1.82) is 0 Å². The summed E-state index contributed by atoms with van der Waals surface area (Å²) in [5, 5.41) is 11.5. The number of hydrogen-bond acceptors (Lipinski definition) is 3. The zero-order valence-electron chi connectivity index (χ0n) is 50.0. The van der Waals surface area contributed by atoms with Gasteiger partial charge in [-0.2, -0.15) is 0 Å². The van der Waals surface area contributed by atoms with Crippen LogP contribution in [0.5, 0.6) is 5.75 Å². The van der Waals surface area contributed by atoms with Gasteiger partial charge in [0, 0.05) is 11.1 Å². The van der Waals surface area contributed by atoms with Crippen molar-refractivity contribution in [2.45, 2.75) is 92.9 Å². The monoisotopic (exact) mass is 1090 g/mol. The lowest BCUT2D eigenvalue weighted by molar-refractivity contribution is 0.476. The number of nitrogens with zero attached hydrogens (tertiary/aromatic N) is 3. The number of hydrogen-bond donors (Lipinski definition) is 1. The summed E-state index contributed by atoms with van der Waals surface area (Å²) in [6.07, 6.45) is 1.68. The van der Waals surface area contributed by atoms with Gasteiger partial charge in [-0.3, -0.25) is 4.57 Å². The third kappa shape index (κ3) is 9.73. The van der Waals surface area contributed by atoms with Crippen LogP contribution in [0.15, 0.2) is 218 Å². The Morgan fingerprint density at radius 3 is 1.54 bits per heavy atom. The second-order valence-corrected chi connectivity index (χ2v) is 25.3. The molecule has 0 fully saturated rings. The standard InChI is InChI=1S/C80H71N3O/c1-49-43-50(2)45-60(44-49)66-35-19-32-63(53-23-12-11-13-24-53)71(66)58-28-15-29-59(46-58)72-67(74-64(56-26-16-30-61(47-56)79(5,6)7)33-20-34-65(74)57-27-17-31-62(48-57)80(8,9)10)40-42-69-76(72)82-78(83(69)77-51(3)21-14-22-52(77)4)68-41-39-55-38-37-54-25-18-36-70(84)73(54)75(55)81-68/h11-36,39-48,84H,37-38H2,1-10H3. The lowest BCUT2D eigenvalue weighted by Crippen LogP contribution is -2.11. The van der Waals surface area contributed by atoms with Gasteiger partial charge in [0.05, 0.1) is 22.4 Å². The van der Waals surface area contributed by atoms with E-state index in [2.05, 4.69) is 280 Å². The van der Waals surface area contributed by atoms with Gasteiger partial charge >= 0.3 is 0 Å². The number of benzene rings is 10. The van der Waals surface area contributed by atoms with Gasteiger partial charge in [0.1, 0.15) is 11.4 Å². The van der Waals surface area contributed by atoms with Gasteiger partial charge < -0.3 is 5.11 Å². The van der Waals surface area contributed by atoms with E-state index in [4.69, 9.17) is 9.97 Å². The average molecular weight is 1090 g/mol. The van der Waals surface area contributed by atoms with Crippen LogP contribution in [0.4, 0.5) is 0 Å². The molecular weight excluding hydrogens is 1020 g/mol. The van der Waals surface area contributed by atoms with Gasteiger partial charge in [-0.25, -0.2) is 9.97 Å². The van der Waals surface area contributed by atoms with Crippen LogP contribution >= 0.6 is 0 Å². The lowest BCUT2D eigenvalue weighted by Gasteiger charge is -2.24. The van der Waals surface area contributed by atoms with E-state index in [9.17, 15) is 5.11 Å². The first kappa shape index (κ1) is 53.9. The molecule has 1 aliphatic carbocycles. The summed E-state index contributed by atoms with van der Waals surface area (Å²) in [6, 6.07) is 80.3. The summed E-state index contributed by atoms with van der Waals surface area (Å²) in [7, 11) is 0. The van der Waals surface area contributed by atoms with Crippen molar-refractivity contribution in [2.75, 3.05) is 0 Å². The molecule has 0 atom stereocenters. The molecule has 10 aromatic carbocycles. The van der Waals surface area contributed by atoms with Gasteiger partial charge in [-0.15, -0.1) is 0 Å². The summed E-state index contributed by atoms with van der Waals surface area (Å²) in [5.41, 5.74) is 30.5. The minimum atomic E-state index is -0.0755. The molecule has 1 aliphatic rings. The molecule has 0 bridgehead atoms. The minimum absolute atomic E-state index is 0.0755. The number of rotatable bonds is 9. The Morgan fingerprint density at radius 2 is 0.905 bits per heavy atom. The lowest BCUT2D eigenvalue weighted by atomic mass is 9.80. The van der Waals surface area contributed by atoms with Crippen LogP contribution in [0.1, 0.15) is 86.1 Å². The maximum Gasteiger partial charge on any atom is 0.164 e. The van der Waals surface area contributed by atoms with E-state index in [1.54, 1.807) is 6.07 Å². The Labute approximate surface area is 495 Å². The quantitative estimate of drug-likeness (QED) is 0.157. The number of phenolic OH excluding ortho intramolecular Hbond substituents is 1. The third-order valence-corrected chi connectivity index (χ3v) is 17.3. The van der Waals surface area contributed by atoms with Crippen molar-refractivity contribution in [3.63, 3.8) is 0 Å². The maximum atomic E-state index is 11.5. The Balaban J connectivity index is 1.18. The van der Waals surface area contributed by atoms with Crippen molar-refractivity contribution < 1.29 is 5.11 Å². The Hall–Kier alpha value is -9.38. The van der Waals surface area contributed by atoms with E-state index in [0.717, 1.165) is 130 Å². The molecule has 0 aliphatic heterocycles. The first-order valence-corrected chi connectivity index (χ1v) is 29.7. The largest absolute Gasteiger partial charge is 0.507 e. The van der Waals surface area contributed by atoms with E-state index in [1.165, 1.54) is 44.5 Å². The molecule has 412 valence electrons. The fraction of sp³-hybridized carbons (Fsp3) is 0.175. The van der Waals surface area contributed by atoms with Crippen LogP contribution < -0.4 is 0 Å². The molecule has 2 heterocycles. The Morgan fingerprint density at radius 1 is 0.381 bits per heavy atom. The number of imidazole rings is 1. The van der Waals surface area contributed by atoms with Crippen molar-refractivity contribution in [3.8, 4) is 112 Å². The van der Waals surface area contributed by atoms with Crippen molar-refractivity contribution in [2.24, 2.45) is 0 Å². The number of aromatic nitrogens is 3. The molecule has 1 N–H and O–H groups in total. The van der Waals surface area contributed by atoms with Crippen molar-refractivity contribution >= 4 is 11.0 Å². The number of para-hydroxylation sites is 1. The van der Waals surface area contributed by atoms with Crippen molar-refractivity contribution in [1.82, 2.24) is 14.5 Å². The predicted molar refractivity (Wildman–Crippen MR) is 353 cm³/mol. The number of phenols is 1. The van der Waals surface area contributed by atoms with Gasteiger partial charge in [0.15, 0.2) is 5.82 Å². The zero-order valence-corrected chi connectivity index (χ0v) is 50.0. The van der Waals surface area contributed by atoms with E-state index >= 15 is 0 Å². The van der Waals surface area contributed by atoms with E-state index in [-0.39, 0.29) is 16.6 Å². The summed E-state index contributed by atoms with van der Waals surface area (Å²) < 4.78 is 2.36. The highest BCUT2D eigenvalue weighted by atomic mass is 16.3. The highest BCUT2D eigenvalue weighted by Gasteiger charge is 2.29. The summed E-state index contributed by atoms with van der Waals surface area (Å²) in [4.78, 5) is 11.6. The number of aromatic hydroxyl groups is 1. The fourth-order valence-electron chi connectivity index (χ4n) is 13.1. The molecule has 0 radical (unpaired) electrons. The molecule has 0 saturated carbocycles. The molecule has 12 aromatic rings.